The summed E-state index contributed by atoms with van der Waals surface area (Å²) in [6.45, 7) is 5.36. The summed E-state index contributed by atoms with van der Waals surface area (Å²) in [6.07, 6.45) is 7.49. The molecule has 3 fully saturated rings. The first-order chi connectivity index (χ1) is 19.8. The van der Waals surface area contributed by atoms with Crippen LogP contribution in [0.4, 0.5) is 29.2 Å². The Kier molecular flexibility index (Phi) is 7.89. The Labute approximate surface area is 237 Å². The SMILES string of the molecule is Nc1ncnc(N2CCC(c3nc(-c4ccc(C(F)(F)F)c(F)c4)cn3CCN3CCCCC3)CC2)c1C1CCC1. The first-order valence-electron chi connectivity index (χ1n) is 14.8. The van der Waals surface area contributed by atoms with Crippen molar-refractivity contribution in [2.24, 2.45) is 0 Å². The summed E-state index contributed by atoms with van der Waals surface area (Å²) in [5, 5.41) is 0. The number of halogens is 4. The number of likely N-dealkylation sites (tertiary alicyclic amines) is 1. The third-order valence-electron chi connectivity index (χ3n) is 9.05. The lowest BCUT2D eigenvalue weighted by Gasteiger charge is -2.36. The van der Waals surface area contributed by atoms with Crippen molar-refractivity contribution in [3.63, 3.8) is 0 Å². The Hall–Kier alpha value is -3.21. The minimum atomic E-state index is -4.73. The molecular weight excluding hydrogens is 534 g/mol. The van der Waals surface area contributed by atoms with E-state index in [1.54, 1.807) is 6.33 Å². The molecule has 0 amide bonds. The second kappa shape index (κ2) is 11.6. The maximum absolute atomic E-state index is 14.5. The van der Waals surface area contributed by atoms with Crippen LogP contribution in [0.15, 0.2) is 30.7 Å². The fraction of sp³-hybridized carbons (Fsp3) is 0.567. The van der Waals surface area contributed by atoms with Crippen LogP contribution in [0.2, 0.25) is 0 Å². The Morgan fingerprint density at radius 1 is 0.878 bits per heavy atom. The number of aromatic nitrogens is 4. The van der Waals surface area contributed by atoms with E-state index in [0.717, 1.165) is 94.3 Å². The van der Waals surface area contributed by atoms with Crippen molar-refractivity contribution in [1.29, 1.82) is 0 Å². The zero-order chi connectivity index (χ0) is 28.6. The van der Waals surface area contributed by atoms with Gasteiger partial charge in [0, 0.05) is 49.4 Å². The number of benzene rings is 1. The van der Waals surface area contributed by atoms with Gasteiger partial charge in [-0.25, -0.2) is 19.3 Å². The number of nitrogens with zero attached hydrogens (tertiary/aromatic N) is 6. The van der Waals surface area contributed by atoms with Crippen LogP contribution in [0, 0.1) is 5.82 Å². The van der Waals surface area contributed by atoms with Gasteiger partial charge in [-0.15, -0.1) is 0 Å². The van der Waals surface area contributed by atoms with Crippen LogP contribution < -0.4 is 10.6 Å². The van der Waals surface area contributed by atoms with Crippen LogP contribution in [0.5, 0.6) is 0 Å². The monoisotopic (exact) mass is 571 g/mol. The van der Waals surface area contributed by atoms with Crippen molar-refractivity contribution in [3.05, 3.63) is 53.5 Å². The lowest BCUT2D eigenvalue weighted by atomic mass is 9.80. The summed E-state index contributed by atoms with van der Waals surface area (Å²) in [5.74, 6) is 1.74. The number of nitrogen functional groups attached to an aromatic ring is 1. The molecule has 0 radical (unpaired) electrons. The Balaban J connectivity index is 1.23. The lowest BCUT2D eigenvalue weighted by Crippen LogP contribution is -2.36. The topological polar surface area (TPSA) is 76.1 Å². The predicted molar refractivity (Wildman–Crippen MR) is 150 cm³/mol. The van der Waals surface area contributed by atoms with E-state index in [-0.39, 0.29) is 5.92 Å². The molecule has 1 saturated carbocycles. The van der Waals surface area contributed by atoms with Crippen LogP contribution >= 0.6 is 0 Å². The maximum Gasteiger partial charge on any atom is 0.419 e. The fourth-order valence-corrected chi connectivity index (χ4v) is 6.50. The molecule has 0 atom stereocenters. The molecule has 3 aromatic rings. The smallest absolute Gasteiger partial charge is 0.383 e. The Morgan fingerprint density at radius 3 is 2.29 bits per heavy atom. The highest BCUT2D eigenvalue weighted by Gasteiger charge is 2.35. The molecule has 0 bridgehead atoms. The van der Waals surface area contributed by atoms with E-state index in [4.69, 9.17) is 10.7 Å². The largest absolute Gasteiger partial charge is 0.419 e. The number of hydrogen-bond donors (Lipinski definition) is 1. The Bertz CT molecular complexity index is 1350. The van der Waals surface area contributed by atoms with E-state index in [0.29, 0.717) is 23.0 Å². The van der Waals surface area contributed by atoms with Gasteiger partial charge in [0.25, 0.3) is 0 Å². The number of imidazole rings is 1. The molecule has 7 nitrogen and oxygen atoms in total. The summed E-state index contributed by atoms with van der Waals surface area (Å²) in [4.78, 5) is 18.6. The van der Waals surface area contributed by atoms with E-state index in [2.05, 4.69) is 24.3 Å². The van der Waals surface area contributed by atoms with Gasteiger partial charge in [-0.05, 0) is 69.7 Å². The van der Waals surface area contributed by atoms with E-state index < -0.39 is 17.6 Å². The standard InChI is InChI=1S/C30H37F4N7/c31-24-17-22(7-8-23(24)30(32,33)34)25-18-41(16-15-39-11-2-1-3-12-39)28(38-25)21-9-13-40(14-10-21)29-26(20-5-4-6-20)27(35)36-19-37-29/h7-8,17-21H,1-6,9-16H2,(H2,35,36,37). The fourth-order valence-electron chi connectivity index (χ4n) is 6.50. The zero-order valence-corrected chi connectivity index (χ0v) is 23.2. The molecular formula is C30H37F4N7. The van der Waals surface area contributed by atoms with Gasteiger partial charge < -0.3 is 20.1 Å². The van der Waals surface area contributed by atoms with Crippen LogP contribution in [-0.2, 0) is 12.7 Å². The number of piperidine rings is 2. The molecule has 11 heteroatoms. The zero-order valence-electron chi connectivity index (χ0n) is 23.2. The molecule has 6 rings (SSSR count). The van der Waals surface area contributed by atoms with Crippen LogP contribution in [0.1, 0.15) is 80.2 Å². The highest BCUT2D eigenvalue weighted by Crippen LogP contribution is 2.43. The number of anilines is 2. The highest BCUT2D eigenvalue weighted by atomic mass is 19.4. The normalized spacial score (nSPS) is 19.5. The second-order valence-corrected chi connectivity index (χ2v) is 11.7. The van der Waals surface area contributed by atoms with Gasteiger partial charge in [0.15, 0.2) is 0 Å². The highest BCUT2D eigenvalue weighted by molar-refractivity contribution is 5.61. The van der Waals surface area contributed by atoms with Crippen molar-refractivity contribution < 1.29 is 17.6 Å². The predicted octanol–water partition coefficient (Wildman–Crippen LogP) is 6.22. The van der Waals surface area contributed by atoms with E-state index in [1.165, 1.54) is 31.7 Å². The summed E-state index contributed by atoms with van der Waals surface area (Å²) in [7, 11) is 0. The molecule has 0 unspecified atom stereocenters. The minimum Gasteiger partial charge on any atom is -0.383 e. The van der Waals surface area contributed by atoms with Crippen molar-refractivity contribution in [1.82, 2.24) is 24.4 Å². The van der Waals surface area contributed by atoms with Crippen molar-refractivity contribution >= 4 is 11.6 Å². The molecule has 1 aliphatic carbocycles. The van der Waals surface area contributed by atoms with Crippen LogP contribution in [-0.4, -0.2) is 57.1 Å². The Morgan fingerprint density at radius 2 is 1.63 bits per heavy atom. The lowest BCUT2D eigenvalue weighted by molar-refractivity contribution is -0.139. The molecule has 41 heavy (non-hydrogen) atoms. The van der Waals surface area contributed by atoms with Gasteiger partial charge in [0.05, 0.1) is 11.3 Å². The maximum atomic E-state index is 14.5. The molecule has 3 aliphatic rings. The number of nitrogens with two attached hydrogens (primary N) is 1. The van der Waals surface area contributed by atoms with E-state index >= 15 is 0 Å². The molecule has 2 saturated heterocycles. The summed E-state index contributed by atoms with van der Waals surface area (Å²) in [6, 6.07) is 3.08. The number of alkyl halides is 3. The van der Waals surface area contributed by atoms with Gasteiger partial charge in [0.1, 0.15) is 29.6 Å². The van der Waals surface area contributed by atoms with Gasteiger partial charge >= 0.3 is 6.18 Å². The van der Waals surface area contributed by atoms with Crippen LogP contribution in [0.25, 0.3) is 11.3 Å². The molecule has 2 N–H and O–H groups in total. The quantitative estimate of drug-likeness (QED) is 0.340. The average molecular weight is 572 g/mol. The third-order valence-corrected chi connectivity index (χ3v) is 9.05. The first-order valence-corrected chi connectivity index (χ1v) is 14.8. The third kappa shape index (κ3) is 5.91. The van der Waals surface area contributed by atoms with E-state index in [1.807, 2.05) is 6.20 Å². The second-order valence-electron chi connectivity index (χ2n) is 11.7. The van der Waals surface area contributed by atoms with Gasteiger partial charge in [0.2, 0.25) is 0 Å². The average Bonchev–Trinajstić information content (AvgIpc) is 3.36. The molecule has 1 aromatic carbocycles. The first kappa shape index (κ1) is 27.9. The molecule has 4 heterocycles. The van der Waals surface area contributed by atoms with Crippen LogP contribution in [0.3, 0.4) is 0 Å². The van der Waals surface area contributed by atoms with Gasteiger partial charge in [-0.2, -0.15) is 13.2 Å². The summed E-state index contributed by atoms with van der Waals surface area (Å²) >= 11 is 0. The molecule has 2 aliphatic heterocycles. The molecule has 2 aromatic heterocycles. The molecule has 220 valence electrons. The van der Waals surface area contributed by atoms with Gasteiger partial charge in [-0.1, -0.05) is 18.9 Å². The van der Waals surface area contributed by atoms with Crippen molar-refractivity contribution in [3.8, 4) is 11.3 Å². The number of rotatable bonds is 7. The summed E-state index contributed by atoms with van der Waals surface area (Å²) < 4.78 is 56.1. The minimum absolute atomic E-state index is 0.173. The van der Waals surface area contributed by atoms with E-state index in [9.17, 15) is 17.6 Å². The summed E-state index contributed by atoms with van der Waals surface area (Å²) in [5.41, 5.74) is 6.96. The van der Waals surface area contributed by atoms with Crippen molar-refractivity contribution in [2.75, 3.05) is 43.4 Å². The van der Waals surface area contributed by atoms with Crippen molar-refractivity contribution in [2.45, 2.75) is 75.9 Å². The van der Waals surface area contributed by atoms with Gasteiger partial charge in [-0.3, -0.25) is 0 Å². The molecule has 0 spiro atoms. The number of hydrogen-bond acceptors (Lipinski definition) is 6.